The summed E-state index contributed by atoms with van der Waals surface area (Å²) in [4.78, 5) is 12.2. The fraction of sp³-hybridized carbons (Fsp3) is 0.188. The summed E-state index contributed by atoms with van der Waals surface area (Å²) in [6.45, 7) is 4.00. The Morgan fingerprint density at radius 3 is 2.26 bits per heavy atom. The number of hydrogen-bond donors (Lipinski definition) is 0. The zero-order valence-electron chi connectivity index (χ0n) is 10.8. The van der Waals surface area contributed by atoms with Gasteiger partial charge in [0.2, 0.25) is 0 Å². The standard InChI is InChI=1S/C16H14BrFO/c1-10-3-11(2)5-12(4-10)6-16(19)13-7-14(17)9-15(18)8-13/h3-5,7-9H,6H2,1-2H3. The number of hydrogen-bond acceptors (Lipinski definition) is 1. The first-order chi connectivity index (χ1) is 8.94. The summed E-state index contributed by atoms with van der Waals surface area (Å²) < 4.78 is 13.9. The summed E-state index contributed by atoms with van der Waals surface area (Å²) in [5, 5.41) is 0. The average molecular weight is 321 g/mol. The number of benzene rings is 2. The predicted molar refractivity (Wildman–Crippen MR) is 78.1 cm³/mol. The molecule has 0 atom stereocenters. The van der Waals surface area contributed by atoms with Crippen LogP contribution < -0.4 is 0 Å². The molecule has 0 unspecified atom stereocenters. The maximum absolute atomic E-state index is 13.3. The molecule has 0 aromatic heterocycles. The van der Waals surface area contributed by atoms with E-state index in [0.29, 0.717) is 16.5 Å². The van der Waals surface area contributed by atoms with Crippen LogP contribution in [0.1, 0.15) is 27.0 Å². The first-order valence-corrected chi connectivity index (χ1v) is 6.80. The molecule has 98 valence electrons. The Kier molecular flexibility index (Phi) is 4.15. The molecule has 0 fully saturated rings. The van der Waals surface area contributed by atoms with Gasteiger partial charge in [-0.25, -0.2) is 4.39 Å². The molecule has 1 nitrogen and oxygen atoms in total. The van der Waals surface area contributed by atoms with Gasteiger partial charge >= 0.3 is 0 Å². The highest BCUT2D eigenvalue weighted by Crippen LogP contribution is 2.17. The quantitative estimate of drug-likeness (QED) is 0.753. The minimum atomic E-state index is -0.404. The van der Waals surface area contributed by atoms with E-state index in [0.717, 1.165) is 16.7 Å². The Labute approximate surface area is 120 Å². The molecule has 2 aromatic rings. The number of Topliss-reactive ketones (excluding diaryl/α,β-unsaturated/α-hetero) is 1. The zero-order chi connectivity index (χ0) is 14.0. The van der Waals surface area contributed by atoms with Crippen molar-refractivity contribution in [1.29, 1.82) is 0 Å². The van der Waals surface area contributed by atoms with Crippen molar-refractivity contribution in [2.45, 2.75) is 20.3 Å². The van der Waals surface area contributed by atoms with Gasteiger partial charge in [0.25, 0.3) is 0 Å². The van der Waals surface area contributed by atoms with Gasteiger partial charge in [-0.05, 0) is 37.6 Å². The maximum atomic E-state index is 13.3. The van der Waals surface area contributed by atoms with Gasteiger partial charge in [0.15, 0.2) is 5.78 Å². The molecule has 0 spiro atoms. The van der Waals surface area contributed by atoms with Crippen LogP contribution in [0.4, 0.5) is 4.39 Å². The number of rotatable bonds is 3. The average Bonchev–Trinajstić information content (AvgIpc) is 2.25. The van der Waals surface area contributed by atoms with E-state index >= 15 is 0 Å². The van der Waals surface area contributed by atoms with Crippen molar-refractivity contribution >= 4 is 21.7 Å². The highest BCUT2D eigenvalue weighted by molar-refractivity contribution is 9.10. The second-order valence-corrected chi connectivity index (χ2v) is 5.67. The molecule has 0 amide bonds. The number of carbonyl (C=O) groups excluding carboxylic acids is 1. The van der Waals surface area contributed by atoms with E-state index in [-0.39, 0.29) is 5.78 Å². The smallest absolute Gasteiger partial charge is 0.167 e. The number of carbonyl (C=O) groups is 1. The van der Waals surface area contributed by atoms with Crippen LogP contribution in [-0.2, 0) is 6.42 Å². The molecule has 0 saturated heterocycles. The summed E-state index contributed by atoms with van der Waals surface area (Å²) >= 11 is 3.20. The monoisotopic (exact) mass is 320 g/mol. The van der Waals surface area contributed by atoms with Crippen molar-refractivity contribution in [3.05, 3.63) is 68.9 Å². The van der Waals surface area contributed by atoms with E-state index in [4.69, 9.17) is 0 Å². The highest BCUT2D eigenvalue weighted by Gasteiger charge is 2.10. The van der Waals surface area contributed by atoms with E-state index in [1.54, 1.807) is 6.07 Å². The number of halogens is 2. The molecule has 0 N–H and O–H groups in total. The SMILES string of the molecule is Cc1cc(C)cc(CC(=O)c2cc(F)cc(Br)c2)c1. The van der Waals surface area contributed by atoms with Gasteiger partial charge in [-0.3, -0.25) is 4.79 Å². The van der Waals surface area contributed by atoms with Crippen LogP contribution in [0.5, 0.6) is 0 Å². The lowest BCUT2D eigenvalue weighted by atomic mass is 10.00. The molecule has 19 heavy (non-hydrogen) atoms. The molecule has 3 heteroatoms. The predicted octanol–water partition coefficient (Wildman–Crippen LogP) is 4.63. The largest absolute Gasteiger partial charge is 0.294 e. The van der Waals surface area contributed by atoms with Gasteiger partial charge < -0.3 is 0 Å². The summed E-state index contributed by atoms with van der Waals surface area (Å²) in [5.41, 5.74) is 3.61. The van der Waals surface area contributed by atoms with Crippen LogP contribution in [0, 0.1) is 19.7 Å². The van der Waals surface area contributed by atoms with E-state index < -0.39 is 5.82 Å². The molecule has 0 bridgehead atoms. The minimum Gasteiger partial charge on any atom is -0.294 e. The Bertz CT molecular complexity index is 594. The topological polar surface area (TPSA) is 17.1 Å². The number of ketones is 1. The number of aryl methyl sites for hydroxylation is 2. The molecule has 0 aliphatic heterocycles. The maximum Gasteiger partial charge on any atom is 0.167 e. The Morgan fingerprint density at radius 1 is 1.05 bits per heavy atom. The highest BCUT2D eigenvalue weighted by atomic mass is 79.9. The van der Waals surface area contributed by atoms with Gasteiger partial charge in [0.05, 0.1) is 0 Å². The van der Waals surface area contributed by atoms with Gasteiger partial charge in [0.1, 0.15) is 5.82 Å². The van der Waals surface area contributed by atoms with Crippen LogP contribution in [0.15, 0.2) is 40.9 Å². The first kappa shape index (κ1) is 13.9. The van der Waals surface area contributed by atoms with Crippen molar-refractivity contribution in [3.8, 4) is 0 Å². The fourth-order valence-corrected chi connectivity index (χ4v) is 2.64. The molecule has 0 aliphatic rings. The van der Waals surface area contributed by atoms with Gasteiger partial charge in [-0.1, -0.05) is 45.3 Å². The molecular formula is C16H14BrFO. The Morgan fingerprint density at radius 2 is 1.68 bits per heavy atom. The zero-order valence-corrected chi connectivity index (χ0v) is 12.4. The molecule has 0 aliphatic carbocycles. The summed E-state index contributed by atoms with van der Waals surface area (Å²) in [6, 6.07) is 10.3. The molecule has 2 aromatic carbocycles. The first-order valence-electron chi connectivity index (χ1n) is 6.00. The van der Waals surface area contributed by atoms with Crippen molar-refractivity contribution < 1.29 is 9.18 Å². The van der Waals surface area contributed by atoms with Gasteiger partial charge in [-0.2, -0.15) is 0 Å². The third-order valence-corrected chi connectivity index (χ3v) is 3.29. The van der Waals surface area contributed by atoms with Crippen molar-refractivity contribution in [2.75, 3.05) is 0 Å². The summed E-state index contributed by atoms with van der Waals surface area (Å²) in [6.07, 6.45) is 0.290. The van der Waals surface area contributed by atoms with Crippen LogP contribution in [-0.4, -0.2) is 5.78 Å². The third kappa shape index (κ3) is 3.74. The lowest BCUT2D eigenvalue weighted by Gasteiger charge is -2.05. The second kappa shape index (κ2) is 5.66. The third-order valence-electron chi connectivity index (χ3n) is 2.83. The summed E-state index contributed by atoms with van der Waals surface area (Å²) in [5.74, 6) is -0.483. The van der Waals surface area contributed by atoms with E-state index in [1.807, 2.05) is 26.0 Å². The Balaban J connectivity index is 2.25. The van der Waals surface area contributed by atoms with Crippen LogP contribution in [0.25, 0.3) is 0 Å². The van der Waals surface area contributed by atoms with Crippen molar-refractivity contribution in [1.82, 2.24) is 0 Å². The van der Waals surface area contributed by atoms with E-state index in [9.17, 15) is 9.18 Å². The van der Waals surface area contributed by atoms with E-state index in [1.165, 1.54) is 12.1 Å². The normalized spacial score (nSPS) is 10.5. The van der Waals surface area contributed by atoms with E-state index in [2.05, 4.69) is 22.0 Å². The summed E-state index contributed by atoms with van der Waals surface area (Å²) in [7, 11) is 0. The molecule has 0 heterocycles. The Hall–Kier alpha value is -1.48. The minimum absolute atomic E-state index is 0.0785. The molecule has 0 radical (unpaired) electrons. The van der Waals surface area contributed by atoms with Crippen LogP contribution in [0.3, 0.4) is 0 Å². The van der Waals surface area contributed by atoms with Gasteiger partial charge in [0, 0.05) is 16.5 Å². The lowest BCUT2D eigenvalue weighted by Crippen LogP contribution is -2.04. The van der Waals surface area contributed by atoms with Crippen LogP contribution >= 0.6 is 15.9 Å². The molecular weight excluding hydrogens is 307 g/mol. The fourth-order valence-electron chi connectivity index (χ4n) is 2.17. The molecule has 0 saturated carbocycles. The van der Waals surface area contributed by atoms with Crippen molar-refractivity contribution in [3.63, 3.8) is 0 Å². The molecule has 2 rings (SSSR count). The second-order valence-electron chi connectivity index (χ2n) is 4.75. The lowest BCUT2D eigenvalue weighted by molar-refractivity contribution is 0.0992. The van der Waals surface area contributed by atoms with Crippen LogP contribution in [0.2, 0.25) is 0 Å². The van der Waals surface area contributed by atoms with Gasteiger partial charge in [-0.15, -0.1) is 0 Å². The van der Waals surface area contributed by atoms with Crippen molar-refractivity contribution in [2.24, 2.45) is 0 Å².